The van der Waals surface area contributed by atoms with Crippen molar-refractivity contribution in [3.8, 4) is 0 Å². The molecule has 0 aromatic heterocycles. The van der Waals surface area contributed by atoms with Crippen LogP contribution in [0.15, 0.2) is 0 Å². The van der Waals surface area contributed by atoms with Crippen molar-refractivity contribution in [3.05, 3.63) is 0 Å². The third-order valence-electron chi connectivity index (χ3n) is 4.84. The summed E-state index contributed by atoms with van der Waals surface area (Å²) in [4.78, 5) is 27.0. The van der Waals surface area contributed by atoms with E-state index in [2.05, 4.69) is 6.92 Å². The molecule has 138 valence electrons. The van der Waals surface area contributed by atoms with Gasteiger partial charge in [0.05, 0.1) is 11.6 Å². The van der Waals surface area contributed by atoms with E-state index in [-0.39, 0.29) is 30.8 Å². The molecular weight excluding hydrogens is 310 g/mol. The van der Waals surface area contributed by atoms with Gasteiger partial charge in [-0.25, -0.2) is 4.79 Å². The average molecular weight is 341 g/mol. The van der Waals surface area contributed by atoms with Crippen LogP contribution in [0.5, 0.6) is 0 Å². The highest BCUT2D eigenvalue weighted by atomic mass is 16.7. The van der Waals surface area contributed by atoms with Gasteiger partial charge in [-0.2, -0.15) is 0 Å². The topological polar surface area (TPSA) is 65.1 Å². The van der Waals surface area contributed by atoms with Gasteiger partial charge in [-0.3, -0.25) is 9.69 Å². The fourth-order valence-electron chi connectivity index (χ4n) is 4.01. The summed E-state index contributed by atoms with van der Waals surface area (Å²) in [7, 11) is 1.58. The zero-order chi connectivity index (χ0) is 18.0. The number of Topliss-reactive ketones (excluding diaryl/α,β-unsaturated/α-hetero) is 1. The first kappa shape index (κ1) is 19.2. The molecule has 0 saturated carbocycles. The fourth-order valence-corrected chi connectivity index (χ4v) is 4.01. The molecule has 2 rings (SSSR count). The second-order valence-corrected chi connectivity index (χ2v) is 7.93. The third kappa shape index (κ3) is 3.91. The van der Waals surface area contributed by atoms with Crippen LogP contribution >= 0.6 is 0 Å². The monoisotopic (exact) mass is 341 g/mol. The van der Waals surface area contributed by atoms with E-state index in [0.717, 1.165) is 19.3 Å². The molecule has 0 N–H and O–H groups in total. The summed E-state index contributed by atoms with van der Waals surface area (Å²) in [5, 5.41) is 0. The van der Waals surface area contributed by atoms with E-state index in [4.69, 9.17) is 14.2 Å². The smallest absolute Gasteiger partial charge is 0.411 e. The Morgan fingerprint density at radius 2 is 2.08 bits per heavy atom. The number of piperidine rings is 1. The standard InChI is InChI=1S/C18H31NO5/c1-6-7-8-18-11-14(20)9-13(10-15(18)23-12-22-5)19(18)16(21)24-17(2,3)4/h13,15H,6-12H2,1-5H3/t13-,15+,18+/m1/s1. The van der Waals surface area contributed by atoms with Crippen molar-refractivity contribution in [2.24, 2.45) is 0 Å². The lowest BCUT2D eigenvalue weighted by Crippen LogP contribution is -2.60. The van der Waals surface area contributed by atoms with Crippen molar-refractivity contribution in [1.82, 2.24) is 4.90 Å². The van der Waals surface area contributed by atoms with Crippen LogP contribution in [0, 0.1) is 0 Å². The van der Waals surface area contributed by atoms with E-state index in [0.29, 0.717) is 19.3 Å². The Bertz CT molecular complexity index is 473. The molecule has 0 spiro atoms. The number of ketones is 1. The molecule has 2 bridgehead atoms. The van der Waals surface area contributed by atoms with Gasteiger partial charge in [0.2, 0.25) is 0 Å². The van der Waals surface area contributed by atoms with Crippen LogP contribution in [0.25, 0.3) is 0 Å². The summed E-state index contributed by atoms with van der Waals surface area (Å²) < 4.78 is 16.6. The molecule has 2 heterocycles. The second kappa shape index (κ2) is 7.40. The highest BCUT2D eigenvalue weighted by molar-refractivity contribution is 5.85. The van der Waals surface area contributed by atoms with Gasteiger partial charge in [0.15, 0.2) is 0 Å². The maximum atomic E-state index is 12.9. The van der Waals surface area contributed by atoms with Crippen LogP contribution in [0.1, 0.15) is 66.2 Å². The molecule has 0 unspecified atom stereocenters. The van der Waals surface area contributed by atoms with Gasteiger partial charge < -0.3 is 14.2 Å². The number of hydrogen-bond acceptors (Lipinski definition) is 5. The summed E-state index contributed by atoms with van der Waals surface area (Å²) in [5.74, 6) is 0.208. The van der Waals surface area contributed by atoms with Crippen molar-refractivity contribution < 1.29 is 23.8 Å². The average Bonchev–Trinajstić information content (AvgIpc) is 2.66. The van der Waals surface area contributed by atoms with Crippen LogP contribution in [-0.2, 0) is 19.0 Å². The molecule has 3 atom stereocenters. The third-order valence-corrected chi connectivity index (χ3v) is 4.84. The molecule has 1 amide bonds. The Morgan fingerprint density at radius 1 is 1.38 bits per heavy atom. The molecule has 6 nitrogen and oxygen atoms in total. The summed E-state index contributed by atoms with van der Waals surface area (Å²) >= 11 is 0. The van der Waals surface area contributed by atoms with Crippen LogP contribution in [0.4, 0.5) is 4.79 Å². The van der Waals surface area contributed by atoms with Crippen molar-refractivity contribution >= 4 is 11.9 Å². The van der Waals surface area contributed by atoms with Gasteiger partial charge in [-0.05, 0) is 33.6 Å². The molecule has 24 heavy (non-hydrogen) atoms. The Balaban J connectivity index is 2.32. The molecule has 0 radical (unpaired) electrons. The largest absolute Gasteiger partial charge is 0.444 e. The van der Waals surface area contributed by atoms with E-state index in [1.165, 1.54) is 0 Å². The van der Waals surface area contributed by atoms with E-state index >= 15 is 0 Å². The summed E-state index contributed by atoms with van der Waals surface area (Å²) in [6, 6.07) is -0.139. The second-order valence-electron chi connectivity index (χ2n) is 7.93. The van der Waals surface area contributed by atoms with Gasteiger partial charge in [-0.15, -0.1) is 0 Å². The first-order valence-electron chi connectivity index (χ1n) is 8.88. The molecule has 6 heteroatoms. The quantitative estimate of drug-likeness (QED) is 0.694. The van der Waals surface area contributed by atoms with Crippen LogP contribution in [0.2, 0.25) is 0 Å². The number of carbonyl (C=O) groups is 2. The van der Waals surface area contributed by atoms with E-state index in [1.807, 2.05) is 25.7 Å². The van der Waals surface area contributed by atoms with Gasteiger partial charge in [-0.1, -0.05) is 19.8 Å². The lowest BCUT2D eigenvalue weighted by atomic mass is 9.81. The maximum Gasteiger partial charge on any atom is 0.411 e. The van der Waals surface area contributed by atoms with E-state index in [9.17, 15) is 9.59 Å². The number of rotatable bonds is 6. The predicted molar refractivity (Wildman–Crippen MR) is 89.7 cm³/mol. The number of amides is 1. The molecule has 2 fully saturated rings. The molecule has 2 saturated heterocycles. The molecule has 0 aliphatic carbocycles. The molecular formula is C18H31NO5. The Morgan fingerprint density at radius 3 is 2.67 bits per heavy atom. The fraction of sp³-hybridized carbons (Fsp3) is 0.889. The number of nitrogens with zero attached hydrogens (tertiary/aromatic N) is 1. The van der Waals surface area contributed by atoms with Crippen LogP contribution in [0.3, 0.4) is 0 Å². The van der Waals surface area contributed by atoms with Gasteiger partial charge in [0, 0.05) is 26.0 Å². The lowest BCUT2D eigenvalue weighted by Gasteiger charge is -2.46. The van der Waals surface area contributed by atoms with Crippen molar-refractivity contribution in [3.63, 3.8) is 0 Å². The minimum atomic E-state index is -0.600. The number of fused-ring (bicyclic) bond motifs is 2. The minimum absolute atomic E-state index is 0.139. The van der Waals surface area contributed by atoms with Crippen molar-refractivity contribution in [2.45, 2.75) is 89.5 Å². The van der Waals surface area contributed by atoms with Gasteiger partial charge >= 0.3 is 6.09 Å². The summed E-state index contributed by atoms with van der Waals surface area (Å²) in [6.07, 6.45) is 3.56. The van der Waals surface area contributed by atoms with Crippen LogP contribution < -0.4 is 0 Å². The number of ether oxygens (including phenoxy) is 3. The highest BCUT2D eigenvalue weighted by Gasteiger charge is 2.60. The first-order valence-corrected chi connectivity index (χ1v) is 8.88. The normalized spacial score (nSPS) is 29.9. The minimum Gasteiger partial charge on any atom is -0.444 e. The Labute approximate surface area is 144 Å². The lowest BCUT2D eigenvalue weighted by molar-refractivity contribution is -0.136. The van der Waals surface area contributed by atoms with Crippen molar-refractivity contribution in [1.29, 1.82) is 0 Å². The number of hydrogen-bond donors (Lipinski definition) is 0. The highest BCUT2D eigenvalue weighted by Crippen LogP contribution is 2.48. The van der Waals surface area contributed by atoms with Gasteiger partial charge in [0.25, 0.3) is 0 Å². The summed E-state index contributed by atoms with van der Waals surface area (Å²) in [6.45, 7) is 7.86. The SMILES string of the molecule is CCCC[C@]12CC(=O)C[C@H](C[C@@H]1OCOC)N2C(=O)OC(C)(C)C. The number of carbonyl (C=O) groups excluding carboxylic acids is 2. The van der Waals surface area contributed by atoms with Crippen molar-refractivity contribution in [2.75, 3.05) is 13.9 Å². The first-order chi connectivity index (χ1) is 11.2. The Kier molecular flexibility index (Phi) is 5.91. The summed E-state index contributed by atoms with van der Waals surface area (Å²) in [5.41, 5.74) is -1.16. The molecule has 0 aromatic rings. The zero-order valence-electron chi connectivity index (χ0n) is 15.6. The van der Waals surface area contributed by atoms with E-state index < -0.39 is 11.1 Å². The van der Waals surface area contributed by atoms with Crippen LogP contribution in [-0.4, -0.2) is 54.0 Å². The predicted octanol–water partition coefficient (Wildman–Crippen LogP) is 3.28. The molecule has 0 aromatic carbocycles. The van der Waals surface area contributed by atoms with E-state index in [1.54, 1.807) is 7.11 Å². The maximum absolute atomic E-state index is 12.9. The molecule has 2 aliphatic rings. The van der Waals surface area contributed by atoms with Gasteiger partial charge in [0.1, 0.15) is 18.2 Å². The zero-order valence-corrected chi connectivity index (χ0v) is 15.6. The Hall–Kier alpha value is -1.14. The number of unbranched alkanes of at least 4 members (excludes halogenated alkanes) is 1. The molecule has 2 aliphatic heterocycles. The number of methoxy groups -OCH3 is 1.